The third-order valence-electron chi connectivity index (χ3n) is 4.55. The van der Waals surface area contributed by atoms with E-state index in [1.165, 1.54) is 43.7 Å². The summed E-state index contributed by atoms with van der Waals surface area (Å²) in [5.41, 5.74) is 2.89. The summed E-state index contributed by atoms with van der Waals surface area (Å²) in [5, 5.41) is 14.8. The zero-order valence-corrected chi connectivity index (χ0v) is 19.4. The lowest BCUT2D eigenvalue weighted by molar-refractivity contribution is -0.384. The van der Waals surface area contributed by atoms with E-state index in [9.17, 15) is 19.7 Å². The van der Waals surface area contributed by atoms with Gasteiger partial charge in [-0.2, -0.15) is 5.10 Å². The van der Waals surface area contributed by atoms with Gasteiger partial charge in [-0.05, 0) is 55.0 Å². The van der Waals surface area contributed by atoms with Gasteiger partial charge in [0.15, 0.2) is 11.5 Å². The van der Waals surface area contributed by atoms with Gasteiger partial charge in [-0.1, -0.05) is 17.7 Å². The predicted molar refractivity (Wildman–Crippen MR) is 129 cm³/mol. The summed E-state index contributed by atoms with van der Waals surface area (Å²) in [5.74, 6) is -0.441. The fraction of sp³-hybridized carbons (Fsp3) is 0.125. The Kier molecular flexibility index (Phi) is 8.36. The van der Waals surface area contributed by atoms with E-state index < -0.39 is 16.8 Å². The molecule has 0 aliphatic carbocycles. The van der Waals surface area contributed by atoms with Crippen molar-refractivity contribution in [3.8, 4) is 17.2 Å². The number of carbonyl (C=O) groups is 2. The van der Waals surface area contributed by atoms with Gasteiger partial charge >= 0.3 is 5.97 Å². The number of carbonyl (C=O) groups excluding carboxylic acids is 2. The number of non-ortho nitro benzene ring substituents is 1. The van der Waals surface area contributed by atoms with Gasteiger partial charge in [-0.25, -0.2) is 10.2 Å². The molecule has 11 heteroatoms. The van der Waals surface area contributed by atoms with Crippen molar-refractivity contribution in [2.24, 2.45) is 5.10 Å². The number of nitrogens with one attached hydrogen (secondary N) is 1. The Balaban J connectivity index is 1.76. The lowest BCUT2D eigenvalue weighted by Gasteiger charge is -2.13. The minimum absolute atomic E-state index is 0.0344. The van der Waals surface area contributed by atoms with Crippen molar-refractivity contribution in [3.63, 3.8) is 0 Å². The summed E-state index contributed by atoms with van der Waals surface area (Å²) in [4.78, 5) is 35.1. The molecule has 35 heavy (non-hydrogen) atoms. The molecule has 0 aliphatic rings. The maximum Gasteiger partial charge on any atom is 0.343 e. The second kappa shape index (κ2) is 11.6. The first kappa shape index (κ1) is 25.2. The number of esters is 1. The number of hydrogen-bond donors (Lipinski definition) is 1. The number of methoxy groups -OCH3 is 1. The number of rotatable bonds is 9. The van der Waals surface area contributed by atoms with Gasteiger partial charge in [0.1, 0.15) is 5.75 Å². The third kappa shape index (κ3) is 6.55. The van der Waals surface area contributed by atoms with Crippen molar-refractivity contribution in [2.45, 2.75) is 6.92 Å². The average Bonchev–Trinajstić information content (AvgIpc) is 2.86. The second-order valence-electron chi connectivity index (χ2n) is 6.89. The summed E-state index contributed by atoms with van der Waals surface area (Å²) in [7, 11) is 1.52. The van der Waals surface area contributed by atoms with E-state index in [2.05, 4.69) is 10.5 Å². The van der Waals surface area contributed by atoms with Gasteiger partial charge in [-0.3, -0.25) is 14.9 Å². The van der Waals surface area contributed by atoms with E-state index in [1.54, 1.807) is 31.2 Å². The van der Waals surface area contributed by atoms with Crippen LogP contribution in [-0.2, 0) is 0 Å². The van der Waals surface area contributed by atoms with Crippen LogP contribution in [0.2, 0.25) is 5.02 Å². The number of hydrogen-bond acceptors (Lipinski definition) is 8. The summed E-state index contributed by atoms with van der Waals surface area (Å²) >= 11 is 6.34. The van der Waals surface area contributed by atoms with E-state index in [-0.39, 0.29) is 34.4 Å². The normalized spacial score (nSPS) is 10.6. The molecule has 0 bridgehead atoms. The fourth-order valence-electron chi connectivity index (χ4n) is 2.89. The molecule has 10 nitrogen and oxygen atoms in total. The van der Waals surface area contributed by atoms with Crippen LogP contribution in [0.1, 0.15) is 33.2 Å². The molecule has 0 fully saturated rings. The molecule has 0 unspecified atom stereocenters. The van der Waals surface area contributed by atoms with Crippen molar-refractivity contribution in [2.75, 3.05) is 13.7 Å². The van der Waals surface area contributed by atoms with Crippen molar-refractivity contribution >= 4 is 35.4 Å². The molecule has 0 radical (unpaired) electrons. The van der Waals surface area contributed by atoms with Crippen LogP contribution in [0.15, 0.2) is 65.8 Å². The standard InChI is InChI=1S/C24H20ClN3O7/c1-3-34-21-12-15(14-26-27-23(29)17-5-4-6-18(13-17)28(31)32)11-20(25)22(21)35-24(30)16-7-9-19(33-2)10-8-16/h4-14H,3H2,1-2H3,(H,27,29)/b26-14+. The van der Waals surface area contributed by atoms with Gasteiger partial charge < -0.3 is 14.2 Å². The summed E-state index contributed by atoms with van der Waals surface area (Å²) < 4.78 is 16.1. The van der Waals surface area contributed by atoms with Gasteiger partial charge in [0.25, 0.3) is 11.6 Å². The Labute approximate surface area is 205 Å². The van der Waals surface area contributed by atoms with Crippen LogP contribution < -0.4 is 19.6 Å². The molecule has 1 amide bonds. The highest BCUT2D eigenvalue weighted by atomic mass is 35.5. The highest BCUT2D eigenvalue weighted by Gasteiger charge is 2.18. The van der Waals surface area contributed by atoms with Gasteiger partial charge in [-0.15, -0.1) is 0 Å². The molecule has 1 N–H and O–H groups in total. The molecule has 0 aromatic heterocycles. The second-order valence-corrected chi connectivity index (χ2v) is 7.29. The van der Waals surface area contributed by atoms with E-state index in [1.807, 2.05) is 0 Å². The monoisotopic (exact) mass is 497 g/mol. The van der Waals surface area contributed by atoms with Gasteiger partial charge in [0.2, 0.25) is 0 Å². The van der Waals surface area contributed by atoms with E-state index >= 15 is 0 Å². The Morgan fingerprint density at radius 3 is 2.51 bits per heavy atom. The minimum Gasteiger partial charge on any atom is -0.497 e. The van der Waals surface area contributed by atoms with Crippen LogP contribution in [0.25, 0.3) is 0 Å². The summed E-state index contributed by atoms with van der Waals surface area (Å²) in [6, 6.07) is 14.6. The number of nitrogens with zero attached hydrogens (tertiary/aromatic N) is 2. The Morgan fingerprint density at radius 2 is 1.86 bits per heavy atom. The Hall–Kier alpha value is -4.44. The maximum atomic E-state index is 12.6. The van der Waals surface area contributed by atoms with Crippen LogP contribution in [0.5, 0.6) is 17.2 Å². The van der Waals surface area contributed by atoms with E-state index in [4.69, 9.17) is 25.8 Å². The number of ether oxygens (including phenoxy) is 3. The number of amides is 1. The third-order valence-corrected chi connectivity index (χ3v) is 4.83. The smallest absolute Gasteiger partial charge is 0.343 e. The van der Waals surface area contributed by atoms with Crippen molar-refractivity contribution < 1.29 is 28.7 Å². The average molecular weight is 498 g/mol. The van der Waals surface area contributed by atoms with E-state index in [0.717, 1.165) is 6.07 Å². The molecule has 0 atom stereocenters. The molecule has 3 aromatic rings. The number of halogens is 1. The van der Waals surface area contributed by atoms with Gasteiger partial charge in [0, 0.05) is 17.7 Å². The first-order valence-electron chi connectivity index (χ1n) is 10.2. The Morgan fingerprint density at radius 1 is 1.11 bits per heavy atom. The molecular weight excluding hydrogens is 478 g/mol. The number of hydrazone groups is 1. The highest BCUT2D eigenvalue weighted by Crippen LogP contribution is 2.37. The number of nitro groups is 1. The molecule has 3 aromatic carbocycles. The number of benzene rings is 3. The molecule has 0 saturated heterocycles. The quantitative estimate of drug-likeness (QED) is 0.150. The number of nitro benzene ring substituents is 1. The first-order valence-corrected chi connectivity index (χ1v) is 10.6. The molecule has 3 rings (SSSR count). The lowest BCUT2D eigenvalue weighted by Crippen LogP contribution is -2.17. The maximum absolute atomic E-state index is 12.6. The minimum atomic E-state index is -0.638. The van der Waals surface area contributed by atoms with Crippen LogP contribution in [0.3, 0.4) is 0 Å². The SMILES string of the molecule is CCOc1cc(/C=N/NC(=O)c2cccc([N+](=O)[O-])c2)cc(Cl)c1OC(=O)c1ccc(OC)cc1. The zero-order valence-electron chi connectivity index (χ0n) is 18.7. The molecule has 0 saturated carbocycles. The topological polar surface area (TPSA) is 129 Å². The van der Waals surface area contributed by atoms with Crippen LogP contribution >= 0.6 is 11.6 Å². The molecule has 180 valence electrons. The largest absolute Gasteiger partial charge is 0.497 e. The zero-order chi connectivity index (χ0) is 25.4. The molecule has 0 heterocycles. The molecule has 0 aliphatic heterocycles. The Bertz CT molecular complexity index is 1280. The van der Waals surface area contributed by atoms with Crippen LogP contribution in [-0.4, -0.2) is 36.7 Å². The molecule has 0 spiro atoms. The van der Waals surface area contributed by atoms with Crippen LogP contribution in [0, 0.1) is 10.1 Å². The first-order chi connectivity index (χ1) is 16.8. The lowest BCUT2D eigenvalue weighted by atomic mass is 10.2. The van der Waals surface area contributed by atoms with E-state index in [0.29, 0.717) is 16.9 Å². The van der Waals surface area contributed by atoms with Crippen molar-refractivity contribution in [1.82, 2.24) is 5.43 Å². The fourth-order valence-corrected chi connectivity index (χ4v) is 3.15. The summed E-state index contributed by atoms with van der Waals surface area (Å²) in [6.07, 6.45) is 1.30. The van der Waals surface area contributed by atoms with Gasteiger partial charge in [0.05, 0.1) is 35.4 Å². The van der Waals surface area contributed by atoms with Crippen molar-refractivity contribution in [3.05, 3.63) is 92.5 Å². The molecular formula is C24H20ClN3O7. The van der Waals surface area contributed by atoms with Crippen LogP contribution in [0.4, 0.5) is 5.69 Å². The van der Waals surface area contributed by atoms with Crippen molar-refractivity contribution in [1.29, 1.82) is 0 Å². The predicted octanol–water partition coefficient (Wildman–Crippen LogP) is 4.64. The summed E-state index contributed by atoms with van der Waals surface area (Å²) in [6.45, 7) is 2.02. The highest BCUT2D eigenvalue weighted by molar-refractivity contribution is 6.32.